The van der Waals surface area contributed by atoms with Gasteiger partial charge in [0.1, 0.15) is 5.82 Å². The molecule has 0 heterocycles. The quantitative estimate of drug-likeness (QED) is 0.570. The first-order valence-electron chi connectivity index (χ1n) is 4.33. The highest BCUT2D eigenvalue weighted by Crippen LogP contribution is 2.09. The molecule has 1 aromatic rings. The monoisotopic (exact) mass is 183 g/mol. The van der Waals surface area contributed by atoms with E-state index in [1.165, 1.54) is 12.1 Å². The second-order valence-electron chi connectivity index (χ2n) is 2.82. The predicted octanol–water partition coefficient (Wildman–Crippen LogP) is 2.18. The Morgan fingerprint density at radius 3 is 2.85 bits per heavy atom. The first-order valence-corrected chi connectivity index (χ1v) is 4.33. The van der Waals surface area contributed by atoms with Gasteiger partial charge in [0.15, 0.2) is 0 Å². The number of rotatable bonds is 4. The van der Waals surface area contributed by atoms with Crippen molar-refractivity contribution in [3.05, 3.63) is 35.1 Å². The van der Waals surface area contributed by atoms with Crippen molar-refractivity contribution >= 4 is 0 Å². The molecule has 2 nitrogen and oxygen atoms in total. The van der Waals surface area contributed by atoms with Crippen molar-refractivity contribution < 1.29 is 9.23 Å². The van der Waals surface area contributed by atoms with Crippen molar-refractivity contribution in [2.24, 2.45) is 0 Å². The van der Waals surface area contributed by atoms with Crippen molar-refractivity contribution in [1.29, 1.82) is 0 Å². The number of hydrogen-bond donors (Lipinski definition) is 1. The third-order valence-electron chi connectivity index (χ3n) is 1.81. The van der Waals surface area contributed by atoms with Crippen LogP contribution in [0.3, 0.4) is 0 Å². The SMILES string of the molecule is CCONCc1ccc(F)cc1C. The maximum Gasteiger partial charge on any atom is 0.123 e. The van der Waals surface area contributed by atoms with Crippen LogP contribution < -0.4 is 5.48 Å². The fourth-order valence-electron chi connectivity index (χ4n) is 1.09. The first kappa shape index (κ1) is 10.2. The lowest BCUT2D eigenvalue weighted by Crippen LogP contribution is -2.14. The maximum atomic E-state index is 12.7. The molecule has 0 amide bonds. The van der Waals surface area contributed by atoms with Crippen molar-refractivity contribution in [2.45, 2.75) is 20.4 Å². The third-order valence-corrected chi connectivity index (χ3v) is 1.81. The van der Waals surface area contributed by atoms with E-state index in [9.17, 15) is 4.39 Å². The van der Waals surface area contributed by atoms with Gasteiger partial charge in [0.25, 0.3) is 0 Å². The van der Waals surface area contributed by atoms with Crippen molar-refractivity contribution in [1.82, 2.24) is 5.48 Å². The molecule has 0 fully saturated rings. The summed E-state index contributed by atoms with van der Waals surface area (Å²) < 4.78 is 12.7. The minimum atomic E-state index is -0.197. The van der Waals surface area contributed by atoms with Crippen LogP contribution in [0, 0.1) is 12.7 Å². The smallest absolute Gasteiger partial charge is 0.123 e. The Hall–Kier alpha value is -0.930. The molecule has 0 spiro atoms. The van der Waals surface area contributed by atoms with E-state index in [4.69, 9.17) is 4.84 Å². The topological polar surface area (TPSA) is 21.3 Å². The Morgan fingerprint density at radius 1 is 1.46 bits per heavy atom. The van der Waals surface area contributed by atoms with E-state index in [1.807, 2.05) is 13.8 Å². The van der Waals surface area contributed by atoms with Gasteiger partial charge in [0.05, 0.1) is 6.61 Å². The van der Waals surface area contributed by atoms with Crippen LogP contribution in [0.15, 0.2) is 18.2 Å². The Labute approximate surface area is 77.7 Å². The highest BCUT2D eigenvalue weighted by Gasteiger charge is 1.98. The molecule has 0 unspecified atom stereocenters. The largest absolute Gasteiger partial charge is 0.302 e. The van der Waals surface area contributed by atoms with Gasteiger partial charge in [-0.3, -0.25) is 0 Å². The van der Waals surface area contributed by atoms with Gasteiger partial charge < -0.3 is 4.84 Å². The maximum absolute atomic E-state index is 12.7. The molecule has 1 N–H and O–H groups in total. The van der Waals surface area contributed by atoms with Crippen LogP contribution in [0.2, 0.25) is 0 Å². The van der Waals surface area contributed by atoms with Gasteiger partial charge in [0, 0.05) is 6.54 Å². The molecule has 1 aromatic carbocycles. The Morgan fingerprint density at radius 2 is 2.23 bits per heavy atom. The molecule has 0 radical (unpaired) electrons. The molecule has 3 heteroatoms. The van der Waals surface area contributed by atoms with E-state index in [0.717, 1.165) is 11.1 Å². The molecule has 0 aromatic heterocycles. The molecule has 72 valence electrons. The average molecular weight is 183 g/mol. The summed E-state index contributed by atoms with van der Waals surface area (Å²) in [7, 11) is 0. The zero-order valence-corrected chi connectivity index (χ0v) is 7.93. The van der Waals surface area contributed by atoms with Gasteiger partial charge in [-0.1, -0.05) is 6.07 Å². The van der Waals surface area contributed by atoms with Crippen LogP contribution in [0.25, 0.3) is 0 Å². The minimum Gasteiger partial charge on any atom is -0.302 e. The first-order chi connectivity index (χ1) is 6.24. The van der Waals surface area contributed by atoms with Crippen molar-refractivity contribution in [3.8, 4) is 0 Å². The highest BCUT2D eigenvalue weighted by molar-refractivity contribution is 5.26. The number of hydroxylamine groups is 1. The van der Waals surface area contributed by atoms with Crippen LogP contribution in [-0.2, 0) is 11.4 Å². The van der Waals surface area contributed by atoms with E-state index >= 15 is 0 Å². The lowest BCUT2D eigenvalue weighted by atomic mass is 10.1. The van der Waals surface area contributed by atoms with Crippen LogP contribution in [-0.4, -0.2) is 6.61 Å². The molecular weight excluding hydrogens is 169 g/mol. The molecule has 0 bridgehead atoms. The molecule has 0 aliphatic rings. The highest BCUT2D eigenvalue weighted by atomic mass is 19.1. The molecular formula is C10H14FNO. The van der Waals surface area contributed by atoms with Crippen LogP contribution in [0.4, 0.5) is 4.39 Å². The minimum absolute atomic E-state index is 0.197. The van der Waals surface area contributed by atoms with Crippen molar-refractivity contribution in [3.63, 3.8) is 0 Å². The number of halogens is 1. The predicted molar refractivity (Wildman–Crippen MR) is 49.6 cm³/mol. The van der Waals surface area contributed by atoms with Gasteiger partial charge >= 0.3 is 0 Å². The van der Waals surface area contributed by atoms with Gasteiger partial charge in [-0.05, 0) is 37.1 Å². The molecule has 13 heavy (non-hydrogen) atoms. The van der Waals surface area contributed by atoms with Gasteiger partial charge in [-0.15, -0.1) is 0 Å². The summed E-state index contributed by atoms with van der Waals surface area (Å²) in [4.78, 5) is 4.98. The summed E-state index contributed by atoms with van der Waals surface area (Å²) in [5, 5.41) is 0. The number of aryl methyl sites for hydroxylation is 1. The fourth-order valence-corrected chi connectivity index (χ4v) is 1.09. The van der Waals surface area contributed by atoms with E-state index in [0.29, 0.717) is 13.2 Å². The Bertz CT molecular complexity index is 276. The Balaban J connectivity index is 2.56. The zero-order chi connectivity index (χ0) is 9.68. The molecule has 0 aliphatic heterocycles. The van der Waals surface area contributed by atoms with Crippen LogP contribution in [0.5, 0.6) is 0 Å². The molecule has 1 rings (SSSR count). The van der Waals surface area contributed by atoms with Crippen LogP contribution in [0.1, 0.15) is 18.1 Å². The summed E-state index contributed by atoms with van der Waals surface area (Å²) in [6, 6.07) is 4.73. The van der Waals surface area contributed by atoms with Gasteiger partial charge in [-0.25, -0.2) is 4.39 Å². The number of hydrogen-bond acceptors (Lipinski definition) is 2. The molecule has 0 saturated heterocycles. The standard InChI is InChI=1S/C10H14FNO/c1-3-13-12-7-9-4-5-10(11)6-8(9)2/h4-6,12H,3,7H2,1-2H3. The average Bonchev–Trinajstić information content (AvgIpc) is 2.09. The van der Waals surface area contributed by atoms with Gasteiger partial charge in [0.2, 0.25) is 0 Å². The van der Waals surface area contributed by atoms with Gasteiger partial charge in [-0.2, -0.15) is 5.48 Å². The second kappa shape index (κ2) is 4.94. The summed E-state index contributed by atoms with van der Waals surface area (Å²) in [5.74, 6) is -0.197. The van der Waals surface area contributed by atoms with E-state index in [1.54, 1.807) is 6.07 Å². The number of benzene rings is 1. The fraction of sp³-hybridized carbons (Fsp3) is 0.400. The Kier molecular flexibility index (Phi) is 3.86. The third kappa shape index (κ3) is 3.13. The zero-order valence-electron chi connectivity index (χ0n) is 7.93. The second-order valence-corrected chi connectivity index (χ2v) is 2.82. The lowest BCUT2D eigenvalue weighted by molar-refractivity contribution is 0.0462. The normalized spacial score (nSPS) is 10.4. The van der Waals surface area contributed by atoms with E-state index < -0.39 is 0 Å². The van der Waals surface area contributed by atoms with E-state index in [2.05, 4.69) is 5.48 Å². The van der Waals surface area contributed by atoms with Crippen LogP contribution >= 0.6 is 0 Å². The summed E-state index contributed by atoms with van der Waals surface area (Å²) in [6.07, 6.45) is 0. The van der Waals surface area contributed by atoms with Crippen molar-refractivity contribution in [2.75, 3.05) is 6.61 Å². The summed E-state index contributed by atoms with van der Waals surface area (Å²) in [5.41, 5.74) is 4.78. The van der Waals surface area contributed by atoms with E-state index in [-0.39, 0.29) is 5.82 Å². The lowest BCUT2D eigenvalue weighted by Gasteiger charge is -2.06. The summed E-state index contributed by atoms with van der Waals surface area (Å²) in [6.45, 7) is 5.02. The molecule has 0 atom stereocenters. The number of nitrogens with one attached hydrogen (secondary N) is 1. The summed E-state index contributed by atoms with van der Waals surface area (Å²) >= 11 is 0. The molecule has 0 saturated carbocycles. The molecule has 0 aliphatic carbocycles.